The molecule has 158 valence electrons. The molecule has 1 aromatic carbocycles. The number of benzene rings is 1. The van der Waals surface area contributed by atoms with Gasteiger partial charge in [-0.15, -0.1) is 21.5 Å². The first-order chi connectivity index (χ1) is 14.5. The molecule has 0 aliphatic rings. The van der Waals surface area contributed by atoms with Gasteiger partial charge in [-0.05, 0) is 43.7 Å². The molecule has 10 heteroatoms. The molecule has 2 heterocycles. The van der Waals surface area contributed by atoms with Gasteiger partial charge in [-0.3, -0.25) is 4.79 Å². The summed E-state index contributed by atoms with van der Waals surface area (Å²) in [6, 6.07) is 9.13. The highest BCUT2D eigenvalue weighted by Gasteiger charge is 2.19. The smallest absolute Gasteiger partial charge is 0.340 e. The lowest BCUT2D eigenvalue weighted by molar-refractivity contribution is -0.113. The van der Waals surface area contributed by atoms with Crippen molar-refractivity contribution in [3.05, 3.63) is 45.8 Å². The third-order valence-corrected chi connectivity index (χ3v) is 6.67. The van der Waals surface area contributed by atoms with Crippen molar-refractivity contribution in [3.63, 3.8) is 0 Å². The summed E-state index contributed by atoms with van der Waals surface area (Å²) in [5.41, 5.74) is 1.28. The Morgan fingerprint density at radius 2 is 1.97 bits per heavy atom. The summed E-state index contributed by atoms with van der Waals surface area (Å²) >= 11 is 8.63. The quantitative estimate of drug-likeness (QED) is 0.382. The summed E-state index contributed by atoms with van der Waals surface area (Å²) in [5, 5.41) is 13.1. The minimum Gasteiger partial charge on any atom is -0.465 e. The number of anilines is 1. The molecule has 0 bridgehead atoms. The molecule has 3 rings (SSSR count). The minimum absolute atomic E-state index is 0.138. The van der Waals surface area contributed by atoms with E-state index in [1.54, 1.807) is 18.2 Å². The largest absolute Gasteiger partial charge is 0.465 e. The first-order valence-corrected chi connectivity index (χ1v) is 11.5. The molecular formula is C20H21ClN4O3S2. The lowest BCUT2D eigenvalue weighted by Crippen LogP contribution is -2.16. The van der Waals surface area contributed by atoms with E-state index in [9.17, 15) is 9.59 Å². The minimum atomic E-state index is -0.466. The van der Waals surface area contributed by atoms with Crippen LogP contribution in [0, 0.1) is 0 Å². The van der Waals surface area contributed by atoms with Gasteiger partial charge in [-0.1, -0.05) is 30.3 Å². The SMILES string of the molecule is CCc1cc(C(=O)OC)c(NC(=O)CSc2nnc(-c3ccc(Cl)cc3)n2CC)s1. The molecule has 0 unspecified atom stereocenters. The van der Waals surface area contributed by atoms with Gasteiger partial charge in [0.25, 0.3) is 0 Å². The Hall–Kier alpha value is -2.36. The molecule has 1 N–H and O–H groups in total. The number of carbonyl (C=O) groups excluding carboxylic acids is 2. The van der Waals surface area contributed by atoms with Crippen LogP contribution in [0.15, 0.2) is 35.5 Å². The Labute approximate surface area is 187 Å². The zero-order valence-corrected chi connectivity index (χ0v) is 19.2. The number of rotatable bonds is 8. The topological polar surface area (TPSA) is 86.1 Å². The van der Waals surface area contributed by atoms with Gasteiger partial charge in [0.2, 0.25) is 5.91 Å². The number of thioether (sulfide) groups is 1. The van der Waals surface area contributed by atoms with Crippen LogP contribution >= 0.6 is 34.7 Å². The van der Waals surface area contributed by atoms with Crippen LogP contribution < -0.4 is 5.32 Å². The number of aromatic nitrogens is 3. The van der Waals surface area contributed by atoms with Crippen molar-refractivity contribution in [1.29, 1.82) is 0 Å². The molecule has 0 radical (unpaired) electrons. The van der Waals surface area contributed by atoms with Crippen molar-refractivity contribution in [3.8, 4) is 11.4 Å². The Bertz CT molecular complexity index is 1050. The Balaban J connectivity index is 1.70. The summed E-state index contributed by atoms with van der Waals surface area (Å²) in [6.07, 6.45) is 0.770. The van der Waals surface area contributed by atoms with Crippen molar-refractivity contribution in [1.82, 2.24) is 14.8 Å². The van der Waals surface area contributed by atoms with Gasteiger partial charge >= 0.3 is 5.97 Å². The van der Waals surface area contributed by atoms with E-state index in [4.69, 9.17) is 16.3 Å². The highest BCUT2D eigenvalue weighted by atomic mass is 35.5. The zero-order chi connectivity index (χ0) is 21.7. The molecule has 0 spiro atoms. The van der Waals surface area contributed by atoms with E-state index in [1.807, 2.05) is 30.5 Å². The van der Waals surface area contributed by atoms with E-state index in [0.29, 0.717) is 27.3 Å². The molecule has 0 aliphatic carbocycles. The van der Waals surface area contributed by atoms with E-state index in [2.05, 4.69) is 15.5 Å². The molecule has 7 nitrogen and oxygen atoms in total. The molecule has 1 amide bonds. The van der Waals surface area contributed by atoms with Crippen LogP contribution in [0.3, 0.4) is 0 Å². The normalized spacial score (nSPS) is 10.8. The van der Waals surface area contributed by atoms with Gasteiger partial charge in [0.05, 0.1) is 18.4 Å². The first-order valence-electron chi connectivity index (χ1n) is 9.29. The number of nitrogens with one attached hydrogen (secondary N) is 1. The molecule has 0 atom stereocenters. The predicted molar refractivity (Wildman–Crippen MR) is 121 cm³/mol. The molecule has 0 fully saturated rings. The summed E-state index contributed by atoms with van der Waals surface area (Å²) in [4.78, 5) is 25.5. The molecular weight excluding hydrogens is 444 g/mol. The van der Waals surface area contributed by atoms with Crippen molar-refractivity contribution in [2.75, 3.05) is 18.2 Å². The average molecular weight is 465 g/mol. The summed E-state index contributed by atoms with van der Waals surface area (Å²) in [6.45, 7) is 4.64. The number of hydrogen-bond donors (Lipinski definition) is 1. The predicted octanol–water partition coefficient (Wildman–Crippen LogP) is 4.76. The second-order valence-electron chi connectivity index (χ2n) is 6.19. The van der Waals surface area contributed by atoms with Crippen LogP contribution in [0.2, 0.25) is 5.02 Å². The monoisotopic (exact) mass is 464 g/mol. The van der Waals surface area contributed by atoms with E-state index in [0.717, 1.165) is 22.7 Å². The second-order valence-corrected chi connectivity index (χ2v) is 8.71. The van der Waals surface area contributed by atoms with Gasteiger partial charge in [-0.2, -0.15) is 0 Å². The third kappa shape index (κ3) is 5.03. The number of esters is 1. The number of methoxy groups -OCH3 is 1. The molecule has 0 saturated heterocycles. The molecule has 30 heavy (non-hydrogen) atoms. The lowest BCUT2D eigenvalue weighted by atomic mass is 10.2. The van der Waals surface area contributed by atoms with E-state index in [1.165, 1.54) is 30.2 Å². The maximum absolute atomic E-state index is 12.5. The maximum atomic E-state index is 12.5. The van der Waals surface area contributed by atoms with E-state index in [-0.39, 0.29) is 11.7 Å². The summed E-state index contributed by atoms with van der Waals surface area (Å²) in [7, 11) is 1.32. The zero-order valence-electron chi connectivity index (χ0n) is 16.8. The molecule has 0 aliphatic heterocycles. The number of hydrogen-bond acceptors (Lipinski definition) is 7. The Kier molecular flexibility index (Phi) is 7.52. The number of amides is 1. The fourth-order valence-corrected chi connectivity index (χ4v) is 4.69. The van der Waals surface area contributed by atoms with Gasteiger partial charge < -0.3 is 14.6 Å². The number of thiophene rings is 1. The van der Waals surface area contributed by atoms with Gasteiger partial charge in [0.15, 0.2) is 11.0 Å². The van der Waals surface area contributed by atoms with Crippen LogP contribution in [0.1, 0.15) is 29.1 Å². The summed E-state index contributed by atoms with van der Waals surface area (Å²) in [5.74, 6) is 0.162. The average Bonchev–Trinajstić information content (AvgIpc) is 3.35. The number of carbonyl (C=O) groups is 2. The highest BCUT2D eigenvalue weighted by Crippen LogP contribution is 2.30. The standard InChI is InChI=1S/C20H21ClN4O3S2/c1-4-14-10-15(19(27)28-3)18(30-14)22-16(26)11-29-20-24-23-17(25(20)5-2)12-6-8-13(21)9-7-12/h6-10H,4-5,11H2,1-3H3,(H,22,26). The van der Waals surface area contributed by atoms with E-state index >= 15 is 0 Å². The number of nitrogens with zero attached hydrogens (tertiary/aromatic N) is 3. The highest BCUT2D eigenvalue weighted by molar-refractivity contribution is 7.99. The second kappa shape index (κ2) is 10.1. The van der Waals surface area contributed by atoms with Crippen LogP contribution in [0.4, 0.5) is 5.00 Å². The van der Waals surface area contributed by atoms with Crippen molar-refractivity contribution in [2.45, 2.75) is 32.0 Å². The Morgan fingerprint density at radius 1 is 1.23 bits per heavy atom. The molecule has 3 aromatic rings. The third-order valence-electron chi connectivity index (χ3n) is 4.26. The van der Waals surface area contributed by atoms with Gasteiger partial charge in [0.1, 0.15) is 5.00 Å². The Morgan fingerprint density at radius 3 is 2.60 bits per heavy atom. The first kappa shape index (κ1) is 22.3. The van der Waals surface area contributed by atoms with Crippen LogP contribution in [0.25, 0.3) is 11.4 Å². The number of halogens is 1. The van der Waals surface area contributed by atoms with Crippen molar-refractivity contribution in [2.24, 2.45) is 0 Å². The molecule has 2 aromatic heterocycles. The summed E-state index contributed by atoms with van der Waals surface area (Å²) < 4.78 is 6.76. The maximum Gasteiger partial charge on any atom is 0.340 e. The van der Waals surface area contributed by atoms with Crippen molar-refractivity contribution >= 4 is 51.6 Å². The van der Waals surface area contributed by atoms with Crippen LogP contribution in [0.5, 0.6) is 0 Å². The van der Waals surface area contributed by atoms with Gasteiger partial charge in [0, 0.05) is 22.0 Å². The van der Waals surface area contributed by atoms with E-state index < -0.39 is 5.97 Å². The van der Waals surface area contributed by atoms with Crippen molar-refractivity contribution < 1.29 is 14.3 Å². The number of aryl methyl sites for hydroxylation is 1. The van der Waals surface area contributed by atoms with Crippen LogP contribution in [-0.4, -0.2) is 39.5 Å². The van der Waals surface area contributed by atoms with Gasteiger partial charge in [-0.25, -0.2) is 4.79 Å². The fraction of sp³-hybridized carbons (Fsp3) is 0.300. The van der Waals surface area contributed by atoms with Crippen LogP contribution in [-0.2, 0) is 22.5 Å². The number of ether oxygens (including phenoxy) is 1. The molecule has 0 saturated carbocycles. The lowest BCUT2D eigenvalue weighted by Gasteiger charge is -2.08. The fourth-order valence-electron chi connectivity index (χ4n) is 2.76.